The van der Waals surface area contributed by atoms with Gasteiger partial charge in [-0.1, -0.05) is 17.7 Å². The van der Waals surface area contributed by atoms with Crippen molar-refractivity contribution in [2.45, 2.75) is 32.7 Å². The highest BCUT2D eigenvalue weighted by molar-refractivity contribution is 5.95. The molecular formula is C18H25N3O2. The van der Waals surface area contributed by atoms with E-state index in [9.17, 15) is 9.59 Å². The lowest BCUT2D eigenvalue weighted by molar-refractivity contribution is 0.0663. The summed E-state index contributed by atoms with van der Waals surface area (Å²) in [5.74, 6) is 0.116. The third-order valence-corrected chi connectivity index (χ3v) is 5.05. The van der Waals surface area contributed by atoms with E-state index in [-0.39, 0.29) is 18.0 Å². The molecule has 1 aromatic carbocycles. The maximum absolute atomic E-state index is 12.7. The van der Waals surface area contributed by atoms with Crippen molar-refractivity contribution in [3.63, 3.8) is 0 Å². The molecule has 2 aliphatic rings. The number of nitrogens with zero attached hydrogens (tertiary/aromatic N) is 3. The summed E-state index contributed by atoms with van der Waals surface area (Å²) in [6.45, 7) is 7.10. The first-order valence-electron chi connectivity index (χ1n) is 8.35. The van der Waals surface area contributed by atoms with Gasteiger partial charge in [0.2, 0.25) is 0 Å². The number of aryl methyl sites for hydroxylation is 2. The molecule has 2 aliphatic heterocycles. The van der Waals surface area contributed by atoms with E-state index < -0.39 is 0 Å². The summed E-state index contributed by atoms with van der Waals surface area (Å²) in [7, 11) is 1.85. The molecule has 2 saturated heterocycles. The highest BCUT2D eigenvalue weighted by Crippen LogP contribution is 2.22. The minimum Gasteiger partial charge on any atom is -0.338 e. The van der Waals surface area contributed by atoms with Crippen molar-refractivity contribution in [1.29, 1.82) is 0 Å². The number of urea groups is 1. The Hall–Kier alpha value is -2.04. The Morgan fingerprint density at radius 2 is 1.78 bits per heavy atom. The number of benzene rings is 1. The molecule has 0 radical (unpaired) electrons. The average Bonchev–Trinajstić information content (AvgIpc) is 2.87. The van der Waals surface area contributed by atoms with Crippen LogP contribution in [0.25, 0.3) is 0 Å². The molecule has 0 atom stereocenters. The van der Waals surface area contributed by atoms with E-state index >= 15 is 0 Å². The van der Waals surface area contributed by atoms with E-state index in [2.05, 4.69) is 6.07 Å². The van der Waals surface area contributed by atoms with Crippen LogP contribution >= 0.6 is 0 Å². The van der Waals surface area contributed by atoms with Crippen molar-refractivity contribution in [3.8, 4) is 0 Å². The molecule has 5 heteroatoms. The Morgan fingerprint density at radius 3 is 2.35 bits per heavy atom. The second kappa shape index (κ2) is 6.22. The summed E-state index contributed by atoms with van der Waals surface area (Å²) in [4.78, 5) is 30.5. The molecule has 2 fully saturated rings. The van der Waals surface area contributed by atoms with Crippen LogP contribution in [-0.4, -0.2) is 65.9 Å². The van der Waals surface area contributed by atoms with E-state index in [0.29, 0.717) is 0 Å². The number of likely N-dealkylation sites (tertiary alicyclic amines) is 1. The summed E-state index contributed by atoms with van der Waals surface area (Å²) in [6, 6.07) is 6.38. The summed E-state index contributed by atoms with van der Waals surface area (Å²) in [6.07, 6.45) is 1.74. The monoisotopic (exact) mass is 315 g/mol. The highest BCUT2D eigenvalue weighted by Gasteiger charge is 2.34. The van der Waals surface area contributed by atoms with Gasteiger partial charge in [-0.05, 0) is 38.3 Å². The zero-order valence-electron chi connectivity index (χ0n) is 14.2. The molecule has 0 aromatic heterocycles. The Bertz CT molecular complexity index is 621. The zero-order chi connectivity index (χ0) is 16.6. The Labute approximate surface area is 137 Å². The minimum atomic E-state index is 0.116. The van der Waals surface area contributed by atoms with E-state index in [1.54, 1.807) is 4.90 Å². The van der Waals surface area contributed by atoms with Gasteiger partial charge < -0.3 is 14.7 Å². The number of piperidine rings is 1. The van der Waals surface area contributed by atoms with E-state index in [1.807, 2.05) is 42.8 Å². The summed E-state index contributed by atoms with van der Waals surface area (Å²) < 4.78 is 0. The summed E-state index contributed by atoms with van der Waals surface area (Å²) in [5.41, 5.74) is 3.01. The van der Waals surface area contributed by atoms with Crippen LogP contribution < -0.4 is 0 Å². The van der Waals surface area contributed by atoms with Crippen LogP contribution in [0.3, 0.4) is 0 Å². The number of likely N-dealkylation sites (N-methyl/N-ethyl adjacent to an activating group) is 1. The molecule has 124 valence electrons. The van der Waals surface area contributed by atoms with E-state index in [0.717, 1.165) is 50.1 Å². The van der Waals surface area contributed by atoms with Crippen LogP contribution in [0, 0.1) is 13.8 Å². The van der Waals surface area contributed by atoms with Gasteiger partial charge in [0.1, 0.15) is 0 Å². The maximum Gasteiger partial charge on any atom is 0.320 e. The molecule has 3 amide bonds. The normalized spacial score (nSPS) is 19.6. The minimum absolute atomic E-state index is 0.116. The Balaban J connectivity index is 1.62. The Morgan fingerprint density at radius 1 is 1.09 bits per heavy atom. The summed E-state index contributed by atoms with van der Waals surface area (Å²) >= 11 is 0. The van der Waals surface area contributed by atoms with Crippen LogP contribution in [0.1, 0.15) is 34.3 Å². The van der Waals surface area contributed by atoms with Crippen molar-refractivity contribution in [2.75, 3.05) is 33.2 Å². The molecule has 0 spiro atoms. The molecule has 0 aliphatic carbocycles. The first kappa shape index (κ1) is 15.8. The molecule has 5 nitrogen and oxygen atoms in total. The topological polar surface area (TPSA) is 43.9 Å². The van der Waals surface area contributed by atoms with Crippen molar-refractivity contribution >= 4 is 11.9 Å². The van der Waals surface area contributed by atoms with Gasteiger partial charge >= 0.3 is 6.03 Å². The predicted molar refractivity (Wildman–Crippen MR) is 89.6 cm³/mol. The van der Waals surface area contributed by atoms with Crippen LogP contribution in [0.2, 0.25) is 0 Å². The van der Waals surface area contributed by atoms with Gasteiger partial charge in [0.05, 0.1) is 0 Å². The first-order chi connectivity index (χ1) is 11.0. The maximum atomic E-state index is 12.7. The fourth-order valence-corrected chi connectivity index (χ4v) is 3.61. The first-order valence-corrected chi connectivity index (χ1v) is 8.35. The SMILES string of the molecule is Cc1ccc(C(=O)N2CCC(N3CCN(C)C3=O)CC2)c(C)c1. The van der Waals surface area contributed by atoms with Gasteiger partial charge in [-0.15, -0.1) is 0 Å². The fraction of sp³-hybridized carbons (Fsp3) is 0.556. The third-order valence-electron chi connectivity index (χ3n) is 5.05. The molecular weight excluding hydrogens is 290 g/mol. The van der Waals surface area contributed by atoms with Gasteiger partial charge in [-0.2, -0.15) is 0 Å². The van der Waals surface area contributed by atoms with Gasteiger partial charge in [0.15, 0.2) is 0 Å². The van der Waals surface area contributed by atoms with Gasteiger partial charge in [0, 0.05) is 44.8 Å². The lowest BCUT2D eigenvalue weighted by Gasteiger charge is -2.36. The molecule has 23 heavy (non-hydrogen) atoms. The third kappa shape index (κ3) is 3.05. The average molecular weight is 315 g/mol. The molecule has 0 N–H and O–H groups in total. The molecule has 0 bridgehead atoms. The fourth-order valence-electron chi connectivity index (χ4n) is 3.61. The molecule has 1 aromatic rings. The van der Waals surface area contributed by atoms with E-state index in [1.165, 1.54) is 5.56 Å². The summed E-state index contributed by atoms with van der Waals surface area (Å²) in [5, 5.41) is 0. The number of hydrogen-bond acceptors (Lipinski definition) is 2. The number of carbonyl (C=O) groups excluding carboxylic acids is 2. The number of rotatable bonds is 2. The van der Waals surface area contributed by atoms with Gasteiger partial charge in [-0.3, -0.25) is 4.79 Å². The standard InChI is InChI=1S/C18H25N3O2/c1-13-4-5-16(14(2)12-13)17(22)20-8-6-15(7-9-20)21-11-10-19(3)18(21)23/h4-5,12,15H,6-11H2,1-3H3. The zero-order valence-corrected chi connectivity index (χ0v) is 14.2. The lowest BCUT2D eigenvalue weighted by atomic mass is 10.0. The van der Waals surface area contributed by atoms with Crippen LogP contribution in [0.4, 0.5) is 4.79 Å². The predicted octanol–water partition coefficient (Wildman–Crippen LogP) is 2.28. The van der Waals surface area contributed by atoms with Crippen LogP contribution in [0.15, 0.2) is 18.2 Å². The van der Waals surface area contributed by atoms with Gasteiger partial charge in [0.25, 0.3) is 5.91 Å². The molecule has 2 heterocycles. The quantitative estimate of drug-likeness (QED) is 0.840. The smallest absolute Gasteiger partial charge is 0.320 e. The number of carbonyl (C=O) groups is 2. The largest absolute Gasteiger partial charge is 0.338 e. The molecule has 3 rings (SSSR count). The van der Waals surface area contributed by atoms with E-state index in [4.69, 9.17) is 0 Å². The van der Waals surface area contributed by atoms with Crippen LogP contribution in [-0.2, 0) is 0 Å². The number of amides is 3. The van der Waals surface area contributed by atoms with Crippen LogP contribution in [0.5, 0.6) is 0 Å². The van der Waals surface area contributed by atoms with Crippen molar-refractivity contribution in [3.05, 3.63) is 34.9 Å². The lowest BCUT2D eigenvalue weighted by Crippen LogP contribution is -2.47. The van der Waals surface area contributed by atoms with Gasteiger partial charge in [-0.25, -0.2) is 4.79 Å². The molecule has 0 unspecified atom stereocenters. The van der Waals surface area contributed by atoms with Crippen molar-refractivity contribution < 1.29 is 9.59 Å². The highest BCUT2D eigenvalue weighted by atomic mass is 16.2. The second-order valence-corrected chi connectivity index (χ2v) is 6.74. The second-order valence-electron chi connectivity index (χ2n) is 6.74. The Kier molecular flexibility index (Phi) is 4.28. The van der Waals surface area contributed by atoms with Crippen molar-refractivity contribution in [2.24, 2.45) is 0 Å². The molecule has 0 saturated carbocycles. The van der Waals surface area contributed by atoms with Crippen molar-refractivity contribution in [1.82, 2.24) is 14.7 Å². The number of hydrogen-bond donors (Lipinski definition) is 0.